The molecule has 190 valence electrons. The maximum atomic E-state index is 13.9. The number of halogens is 3. The molecular weight excluding hydrogens is 449 g/mol. The van der Waals surface area contributed by atoms with E-state index in [1.807, 2.05) is 0 Å². The van der Waals surface area contributed by atoms with Gasteiger partial charge in [-0.15, -0.1) is 0 Å². The van der Waals surface area contributed by atoms with Crippen molar-refractivity contribution in [2.75, 3.05) is 40.6 Å². The Morgan fingerprint density at radius 2 is 2.09 bits per heavy atom. The van der Waals surface area contributed by atoms with Crippen LogP contribution in [0.15, 0.2) is 18.2 Å². The molecule has 2 unspecified atom stereocenters. The summed E-state index contributed by atoms with van der Waals surface area (Å²) in [4.78, 5) is 15.6. The van der Waals surface area contributed by atoms with Crippen LogP contribution in [-0.4, -0.2) is 69.6 Å². The van der Waals surface area contributed by atoms with E-state index in [-0.39, 0.29) is 30.6 Å². The molecule has 1 aliphatic carbocycles. The van der Waals surface area contributed by atoms with Crippen LogP contribution in [0.5, 0.6) is 0 Å². The highest BCUT2D eigenvalue weighted by Gasteiger charge is 2.48. The molecule has 1 amide bonds. The van der Waals surface area contributed by atoms with Gasteiger partial charge < -0.3 is 24.4 Å². The van der Waals surface area contributed by atoms with Gasteiger partial charge in [0.25, 0.3) is 0 Å². The molecule has 1 aromatic rings. The zero-order valence-electron chi connectivity index (χ0n) is 20.0. The molecule has 2 heterocycles. The number of hydrogen-bond donors (Lipinski definition) is 1. The lowest BCUT2D eigenvalue weighted by Crippen LogP contribution is -2.51. The minimum Gasteiger partial charge on any atom is -0.385 e. The molecule has 0 spiro atoms. The van der Waals surface area contributed by atoms with Crippen molar-refractivity contribution < 1.29 is 32.2 Å². The topological polar surface area (TPSA) is 60.0 Å². The highest BCUT2D eigenvalue weighted by molar-refractivity contribution is 5.83. The van der Waals surface area contributed by atoms with Gasteiger partial charge in [-0.3, -0.25) is 4.79 Å². The SMILES string of the molecule is COCC[C@]1(C(=O)N2CCc3ccc(C(F)(F)F)cc3C2)CC[C@@H](NC2CCOCC2OC)C1. The molecule has 6 nitrogen and oxygen atoms in total. The Labute approximate surface area is 199 Å². The molecule has 2 fully saturated rings. The molecule has 1 saturated heterocycles. The Morgan fingerprint density at radius 1 is 1.26 bits per heavy atom. The van der Waals surface area contributed by atoms with Crippen molar-refractivity contribution in [2.24, 2.45) is 5.41 Å². The van der Waals surface area contributed by atoms with Gasteiger partial charge in [0.1, 0.15) is 0 Å². The van der Waals surface area contributed by atoms with Crippen LogP contribution >= 0.6 is 0 Å². The summed E-state index contributed by atoms with van der Waals surface area (Å²) >= 11 is 0. The second kappa shape index (κ2) is 10.5. The summed E-state index contributed by atoms with van der Waals surface area (Å²) in [6.07, 6.45) is -0.0822. The fourth-order valence-corrected chi connectivity index (χ4v) is 5.77. The molecule has 3 aliphatic rings. The number of nitrogens with one attached hydrogen (secondary N) is 1. The molecular formula is C25H35F3N2O4. The van der Waals surface area contributed by atoms with Gasteiger partial charge in [-0.05, 0) is 61.8 Å². The van der Waals surface area contributed by atoms with Crippen LogP contribution in [0.2, 0.25) is 0 Å². The molecule has 1 aromatic carbocycles. The Balaban J connectivity index is 1.48. The molecule has 0 aromatic heterocycles. The number of carbonyl (C=O) groups excluding carboxylic acids is 1. The second-order valence-corrected chi connectivity index (χ2v) is 9.83. The highest BCUT2D eigenvalue weighted by Crippen LogP contribution is 2.44. The first kappa shape index (κ1) is 25.4. The van der Waals surface area contributed by atoms with Crippen LogP contribution in [-0.2, 0) is 38.1 Å². The Bertz CT molecular complexity index is 865. The standard InChI is InChI=1S/C25H35F3N2O4/c1-32-12-9-24(8-5-20(14-24)29-21-7-11-34-16-22(21)33-2)23(31)30-10-6-17-3-4-19(25(26,27)28)13-18(17)15-30/h3-4,13,20-22,29H,5-12,14-16H2,1-2H3/t20-,21?,22?,24-/m1/s1. The van der Waals surface area contributed by atoms with Crippen LogP contribution < -0.4 is 5.32 Å². The summed E-state index contributed by atoms with van der Waals surface area (Å²) in [6, 6.07) is 4.24. The van der Waals surface area contributed by atoms with Crippen molar-refractivity contribution >= 4 is 5.91 Å². The molecule has 1 N–H and O–H groups in total. The van der Waals surface area contributed by atoms with Crippen LogP contribution in [0.25, 0.3) is 0 Å². The number of benzene rings is 1. The van der Waals surface area contributed by atoms with E-state index in [1.165, 1.54) is 6.07 Å². The van der Waals surface area contributed by atoms with Crippen molar-refractivity contribution in [3.8, 4) is 0 Å². The smallest absolute Gasteiger partial charge is 0.385 e. The third kappa shape index (κ3) is 5.42. The summed E-state index contributed by atoms with van der Waals surface area (Å²) < 4.78 is 56.1. The fraction of sp³-hybridized carbons (Fsp3) is 0.720. The summed E-state index contributed by atoms with van der Waals surface area (Å²) in [6.45, 7) is 2.46. The van der Waals surface area contributed by atoms with Gasteiger partial charge in [0, 0.05) is 52.6 Å². The first-order valence-electron chi connectivity index (χ1n) is 12.1. The van der Waals surface area contributed by atoms with E-state index in [2.05, 4.69) is 5.32 Å². The quantitative estimate of drug-likeness (QED) is 0.642. The van der Waals surface area contributed by atoms with E-state index in [0.29, 0.717) is 51.2 Å². The number of carbonyl (C=O) groups is 1. The maximum Gasteiger partial charge on any atom is 0.416 e. The van der Waals surface area contributed by atoms with Crippen molar-refractivity contribution in [3.63, 3.8) is 0 Å². The normalized spacial score (nSPS) is 29.8. The van der Waals surface area contributed by atoms with Gasteiger partial charge in [0.15, 0.2) is 0 Å². The van der Waals surface area contributed by atoms with E-state index in [0.717, 1.165) is 30.9 Å². The molecule has 9 heteroatoms. The monoisotopic (exact) mass is 484 g/mol. The Hall–Kier alpha value is -1.68. The minimum atomic E-state index is -4.39. The van der Waals surface area contributed by atoms with Crippen LogP contribution in [0.1, 0.15) is 48.8 Å². The summed E-state index contributed by atoms with van der Waals surface area (Å²) in [5.41, 5.74) is 0.248. The predicted molar refractivity (Wildman–Crippen MR) is 120 cm³/mol. The Morgan fingerprint density at radius 3 is 2.82 bits per heavy atom. The van der Waals surface area contributed by atoms with Gasteiger partial charge >= 0.3 is 6.18 Å². The van der Waals surface area contributed by atoms with Crippen molar-refractivity contribution in [1.29, 1.82) is 0 Å². The lowest BCUT2D eigenvalue weighted by molar-refractivity contribution is -0.144. The number of amides is 1. The van der Waals surface area contributed by atoms with E-state index >= 15 is 0 Å². The lowest BCUT2D eigenvalue weighted by Gasteiger charge is -2.38. The van der Waals surface area contributed by atoms with Crippen LogP contribution in [0.3, 0.4) is 0 Å². The molecule has 2 aliphatic heterocycles. The number of rotatable bonds is 7. The number of ether oxygens (including phenoxy) is 3. The van der Waals surface area contributed by atoms with Crippen LogP contribution in [0.4, 0.5) is 13.2 Å². The highest BCUT2D eigenvalue weighted by atomic mass is 19.4. The lowest BCUT2D eigenvalue weighted by atomic mass is 9.80. The predicted octanol–water partition coefficient (Wildman–Crippen LogP) is 3.56. The first-order valence-corrected chi connectivity index (χ1v) is 12.1. The minimum absolute atomic E-state index is 0.0140. The maximum absolute atomic E-state index is 13.9. The number of alkyl halides is 3. The van der Waals surface area contributed by atoms with Gasteiger partial charge in [-0.1, -0.05) is 6.07 Å². The number of methoxy groups -OCH3 is 2. The van der Waals surface area contributed by atoms with Gasteiger partial charge in [0.05, 0.1) is 23.7 Å². The molecule has 0 bridgehead atoms. The average molecular weight is 485 g/mol. The average Bonchev–Trinajstić information content (AvgIpc) is 3.25. The van der Waals surface area contributed by atoms with E-state index < -0.39 is 17.2 Å². The zero-order valence-corrected chi connectivity index (χ0v) is 20.0. The van der Waals surface area contributed by atoms with Crippen molar-refractivity contribution in [2.45, 2.75) is 69.4 Å². The van der Waals surface area contributed by atoms with Gasteiger partial charge in [-0.25, -0.2) is 0 Å². The van der Waals surface area contributed by atoms with Crippen molar-refractivity contribution in [3.05, 3.63) is 34.9 Å². The summed E-state index contributed by atoms with van der Waals surface area (Å²) in [7, 11) is 3.32. The van der Waals surface area contributed by atoms with E-state index in [4.69, 9.17) is 14.2 Å². The van der Waals surface area contributed by atoms with Gasteiger partial charge in [0.2, 0.25) is 5.91 Å². The molecule has 1 saturated carbocycles. The number of fused-ring (bicyclic) bond motifs is 1. The first-order chi connectivity index (χ1) is 16.3. The largest absolute Gasteiger partial charge is 0.416 e. The number of nitrogens with zero attached hydrogens (tertiary/aromatic N) is 1. The third-order valence-electron chi connectivity index (χ3n) is 7.74. The van der Waals surface area contributed by atoms with E-state index in [9.17, 15) is 18.0 Å². The molecule has 0 radical (unpaired) electrons. The zero-order chi connectivity index (χ0) is 24.3. The van der Waals surface area contributed by atoms with Crippen LogP contribution in [0, 0.1) is 5.41 Å². The summed E-state index contributed by atoms with van der Waals surface area (Å²) in [5, 5.41) is 3.71. The third-order valence-corrected chi connectivity index (χ3v) is 7.74. The molecule has 4 atom stereocenters. The second-order valence-electron chi connectivity index (χ2n) is 9.83. The summed E-state index contributed by atoms with van der Waals surface area (Å²) in [5.74, 6) is 0.0344. The Kier molecular flexibility index (Phi) is 7.86. The van der Waals surface area contributed by atoms with Crippen molar-refractivity contribution in [1.82, 2.24) is 10.2 Å². The number of hydrogen-bond acceptors (Lipinski definition) is 5. The van der Waals surface area contributed by atoms with E-state index in [1.54, 1.807) is 25.2 Å². The molecule has 34 heavy (non-hydrogen) atoms. The van der Waals surface area contributed by atoms with Gasteiger partial charge in [-0.2, -0.15) is 13.2 Å². The fourth-order valence-electron chi connectivity index (χ4n) is 5.77. The molecule has 4 rings (SSSR count).